The van der Waals surface area contributed by atoms with Gasteiger partial charge in [-0.25, -0.2) is 0 Å². The van der Waals surface area contributed by atoms with Gasteiger partial charge in [-0.05, 0) is 40.5 Å². The fourth-order valence-corrected chi connectivity index (χ4v) is 2.34. The van der Waals surface area contributed by atoms with Crippen LogP contribution in [0.15, 0.2) is 33.3 Å². The molecule has 2 rings (SSSR count). The Hall–Kier alpha value is -1.62. The van der Waals surface area contributed by atoms with E-state index in [1.165, 1.54) is 0 Å². The van der Waals surface area contributed by atoms with Gasteiger partial charge in [-0.1, -0.05) is 32.0 Å². The van der Waals surface area contributed by atoms with Crippen LogP contribution in [0.25, 0.3) is 0 Å². The van der Waals surface area contributed by atoms with E-state index in [1.54, 1.807) is 12.1 Å². The van der Waals surface area contributed by atoms with Crippen LogP contribution in [0.3, 0.4) is 0 Å². The van der Waals surface area contributed by atoms with E-state index in [2.05, 4.69) is 26.4 Å². The number of amides is 1. The molecule has 0 bridgehead atoms. The van der Waals surface area contributed by atoms with E-state index in [0.29, 0.717) is 11.4 Å². The molecule has 4 nitrogen and oxygen atoms in total. The molecule has 106 valence electrons. The lowest BCUT2D eigenvalue weighted by atomic mass is 9.92. The zero-order valence-electron chi connectivity index (χ0n) is 12.0. The van der Waals surface area contributed by atoms with Crippen LogP contribution in [0.2, 0.25) is 0 Å². The maximum absolute atomic E-state index is 12.2. The number of nitrogens with one attached hydrogen (secondary N) is 1. The Labute approximate surface area is 126 Å². The number of hydrogen-bond acceptors (Lipinski definition) is 3. The van der Waals surface area contributed by atoms with Crippen LogP contribution in [-0.4, -0.2) is 11.1 Å². The molecule has 0 fully saturated rings. The third kappa shape index (κ3) is 3.28. The number of carbonyl (C=O) groups excluding carboxylic acids is 1. The molecular formula is C15H17BrN2O2. The summed E-state index contributed by atoms with van der Waals surface area (Å²) in [7, 11) is 0. The molecule has 0 spiro atoms. The highest BCUT2D eigenvalue weighted by atomic mass is 79.9. The summed E-state index contributed by atoms with van der Waals surface area (Å²) < 4.78 is 5.90. The van der Waals surface area contributed by atoms with Crippen LogP contribution in [0.5, 0.6) is 0 Å². The summed E-state index contributed by atoms with van der Waals surface area (Å²) in [4.78, 5) is 12.2. The van der Waals surface area contributed by atoms with Crippen molar-refractivity contribution in [2.75, 3.05) is 5.32 Å². The van der Waals surface area contributed by atoms with Crippen molar-refractivity contribution in [2.24, 2.45) is 0 Å². The third-order valence-corrected chi connectivity index (χ3v) is 3.54. The molecule has 1 N–H and O–H groups in total. The number of benzene rings is 1. The van der Waals surface area contributed by atoms with Crippen LogP contribution in [0.1, 0.15) is 42.4 Å². The van der Waals surface area contributed by atoms with Gasteiger partial charge in [-0.2, -0.15) is 0 Å². The molecule has 0 saturated heterocycles. The highest BCUT2D eigenvalue weighted by molar-refractivity contribution is 9.10. The zero-order chi connectivity index (χ0) is 14.9. The smallest absolute Gasteiger partial charge is 0.259 e. The molecule has 0 aliphatic rings. The first-order valence-corrected chi connectivity index (χ1v) is 7.11. The topological polar surface area (TPSA) is 55.1 Å². The lowest BCUT2D eigenvalue weighted by Gasteiger charge is -2.12. The molecule has 0 atom stereocenters. The van der Waals surface area contributed by atoms with Gasteiger partial charge in [0.15, 0.2) is 0 Å². The highest BCUT2D eigenvalue weighted by Crippen LogP contribution is 2.25. The largest absolute Gasteiger partial charge is 0.338 e. The van der Waals surface area contributed by atoms with E-state index in [4.69, 9.17) is 4.52 Å². The Bertz CT molecular complexity index is 642. The van der Waals surface area contributed by atoms with E-state index in [-0.39, 0.29) is 11.3 Å². The van der Waals surface area contributed by atoms with Crippen LogP contribution in [0.4, 0.5) is 5.88 Å². The summed E-state index contributed by atoms with van der Waals surface area (Å²) in [5.41, 5.74) is 2.33. The minimum absolute atomic E-state index is 0.114. The number of anilines is 1. The van der Waals surface area contributed by atoms with Gasteiger partial charge < -0.3 is 4.52 Å². The van der Waals surface area contributed by atoms with Gasteiger partial charge in [0.2, 0.25) is 5.88 Å². The Morgan fingerprint density at radius 3 is 2.55 bits per heavy atom. The number of halogens is 1. The Kier molecular flexibility index (Phi) is 3.99. The average molecular weight is 337 g/mol. The van der Waals surface area contributed by atoms with Crippen LogP contribution >= 0.6 is 15.9 Å². The summed E-state index contributed by atoms with van der Waals surface area (Å²) in [5, 5.41) is 6.68. The number of nitrogens with zero attached hydrogens (tertiary/aromatic N) is 1. The van der Waals surface area contributed by atoms with E-state index < -0.39 is 0 Å². The van der Waals surface area contributed by atoms with Gasteiger partial charge in [-0.3, -0.25) is 10.1 Å². The Balaban J connectivity index is 2.17. The molecule has 0 aliphatic heterocycles. The molecule has 0 saturated carbocycles. The predicted molar refractivity (Wildman–Crippen MR) is 82.0 cm³/mol. The predicted octanol–water partition coefficient (Wildman–Crippen LogP) is 4.30. The number of aryl methyl sites for hydroxylation is 1. The normalized spacial score (nSPS) is 11.4. The molecule has 1 amide bonds. The van der Waals surface area contributed by atoms with Crippen molar-refractivity contribution < 1.29 is 9.32 Å². The maximum Gasteiger partial charge on any atom is 0.259 e. The van der Waals surface area contributed by atoms with Gasteiger partial charge >= 0.3 is 0 Å². The minimum Gasteiger partial charge on any atom is -0.338 e. The molecule has 0 aliphatic carbocycles. The maximum atomic E-state index is 12.2. The number of rotatable bonds is 2. The quantitative estimate of drug-likeness (QED) is 0.889. The fraction of sp³-hybridized carbons (Fsp3) is 0.333. The van der Waals surface area contributed by atoms with Crippen molar-refractivity contribution in [3.05, 3.63) is 45.6 Å². The molecule has 1 aromatic heterocycles. The molecule has 0 unspecified atom stereocenters. The Morgan fingerprint density at radius 2 is 2.00 bits per heavy atom. The summed E-state index contributed by atoms with van der Waals surface area (Å²) in [6, 6.07) is 7.31. The van der Waals surface area contributed by atoms with E-state index in [9.17, 15) is 4.79 Å². The molecule has 20 heavy (non-hydrogen) atoms. The highest BCUT2D eigenvalue weighted by Gasteiger charge is 2.20. The fourth-order valence-electron chi connectivity index (χ4n) is 1.67. The van der Waals surface area contributed by atoms with Gasteiger partial charge in [0, 0.05) is 16.0 Å². The van der Waals surface area contributed by atoms with Gasteiger partial charge in [0.05, 0.1) is 11.3 Å². The summed E-state index contributed by atoms with van der Waals surface area (Å²) >= 11 is 3.39. The van der Waals surface area contributed by atoms with Crippen molar-refractivity contribution in [3.63, 3.8) is 0 Å². The van der Waals surface area contributed by atoms with Crippen LogP contribution < -0.4 is 5.32 Å². The molecule has 2 aromatic rings. The number of hydrogen-bond donors (Lipinski definition) is 1. The van der Waals surface area contributed by atoms with Crippen molar-refractivity contribution in [2.45, 2.75) is 33.1 Å². The van der Waals surface area contributed by atoms with Crippen LogP contribution in [-0.2, 0) is 5.41 Å². The SMILES string of the molecule is Cc1ccc(C(=O)Nc2cc(C(C)(C)C)no2)c(Br)c1. The van der Waals surface area contributed by atoms with Gasteiger partial charge in [0.25, 0.3) is 5.91 Å². The second kappa shape index (κ2) is 5.40. The minimum atomic E-state index is -0.228. The summed E-state index contributed by atoms with van der Waals surface area (Å²) in [5.74, 6) is 0.126. The molecule has 1 aromatic carbocycles. The van der Waals surface area contributed by atoms with Crippen LogP contribution in [0, 0.1) is 6.92 Å². The molecular weight excluding hydrogens is 320 g/mol. The lowest BCUT2D eigenvalue weighted by Crippen LogP contribution is -2.13. The summed E-state index contributed by atoms with van der Waals surface area (Å²) in [6.45, 7) is 8.07. The van der Waals surface area contributed by atoms with E-state index >= 15 is 0 Å². The Morgan fingerprint density at radius 1 is 1.30 bits per heavy atom. The monoisotopic (exact) mass is 336 g/mol. The lowest BCUT2D eigenvalue weighted by molar-refractivity contribution is 0.102. The van der Waals surface area contributed by atoms with Gasteiger partial charge in [0.1, 0.15) is 0 Å². The van der Waals surface area contributed by atoms with E-state index in [0.717, 1.165) is 15.7 Å². The van der Waals surface area contributed by atoms with Crippen molar-refractivity contribution in [1.29, 1.82) is 0 Å². The van der Waals surface area contributed by atoms with Crippen molar-refractivity contribution in [1.82, 2.24) is 5.16 Å². The first-order valence-electron chi connectivity index (χ1n) is 6.32. The molecule has 1 heterocycles. The van der Waals surface area contributed by atoms with E-state index in [1.807, 2.05) is 39.8 Å². The molecule has 0 radical (unpaired) electrons. The van der Waals surface area contributed by atoms with Crippen molar-refractivity contribution >= 4 is 27.7 Å². The third-order valence-electron chi connectivity index (χ3n) is 2.88. The standard InChI is InChI=1S/C15H17BrN2O2/c1-9-5-6-10(11(16)7-9)14(19)17-13-8-12(18-20-13)15(2,3)4/h5-8H,1-4H3,(H,17,19). The average Bonchev–Trinajstić information content (AvgIpc) is 2.76. The second-order valence-electron chi connectivity index (χ2n) is 5.76. The first kappa shape index (κ1) is 14.8. The number of aromatic nitrogens is 1. The summed E-state index contributed by atoms with van der Waals surface area (Å²) in [6.07, 6.45) is 0. The first-order chi connectivity index (χ1) is 9.27. The zero-order valence-corrected chi connectivity index (χ0v) is 13.5. The molecule has 5 heteroatoms. The number of carbonyl (C=O) groups is 1. The van der Waals surface area contributed by atoms with Crippen molar-refractivity contribution in [3.8, 4) is 0 Å². The second-order valence-corrected chi connectivity index (χ2v) is 6.62. The van der Waals surface area contributed by atoms with Gasteiger partial charge in [-0.15, -0.1) is 0 Å².